The number of hydrogen-bond donors (Lipinski definition) is 3. The average Bonchev–Trinajstić information content (AvgIpc) is 3.39. The minimum absolute atomic E-state index is 0.142. The molecule has 3 aromatic carbocycles. The van der Waals surface area contributed by atoms with Crippen molar-refractivity contribution in [3.63, 3.8) is 0 Å². The van der Waals surface area contributed by atoms with Gasteiger partial charge in [0.05, 0.1) is 28.2 Å². The summed E-state index contributed by atoms with van der Waals surface area (Å²) in [6.07, 6.45) is 2.46. The van der Waals surface area contributed by atoms with Crippen LogP contribution in [-0.2, 0) is 6.42 Å². The van der Waals surface area contributed by atoms with Crippen molar-refractivity contribution in [3.8, 4) is 5.75 Å². The quantitative estimate of drug-likeness (QED) is 0.258. The van der Waals surface area contributed by atoms with Gasteiger partial charge in [0.2, 0.25) is 0 Å². The molecule has 1 aromatic heterocycles. The number of aromatic amines is 1. The summed E-state index contributed by atoms with van der Waals surface area (Å²) in [4.78, 5) is 41.5. The minimum Gasteiger partial charge on any atom is -0.492 e. The lowest BCUT2D eigenvalue weighted by Crippen LogP contribution is -2.33. The van der Waals surface area contributed by atoms with Gasteiger partial charge in [-0.2, -0.15) is 0 Å². The van der Waals surface area contributed by atoms with Crippen LogP contribution in [0.3, 0.4) is 0 Å². The van der Waals surface area contributed by atoms with Crippen LogP contribution in [0.4, 0.5) is 10.5 Å². The van der Waals surface area contributed by atoms with Crippen LogP contribution in [-0.4, -0.2) is 47.4 Å². The van der Waals surface area contributed by atoms with Gasteiger partial charge in [-0.25, -0.2) is 4.79 Å². The summed E-state index contributed by atoms with van der Waals surface area (Å²) in [6.45, 7) is 0.717. The second-order valence-electron chi connectivity index (χ2n) is 8.44. The highest BCUT2D eigenvalue weighted by Gasteiger charge is 2.34. The van der Waals surface area contributed by atoms with E-state index in [9.17, 15) is 14.4 Å². The number of aromatic nitrogens is 1. The van der Waals surface area contributed by atoms with Crippen LogP contribution in [0.2, 0.25) is 10.0 Å². The number of benzene rings is 3. The Hall–Kier alpha value is -4.01. The fourth-order valence-electron chi connectivity index (χ4n) is 4.23. The van der Waals surface area contributed by atoms with Crippen LogP contribution in [0, 0.1) is 0 Å². The Bertz CT molecular complexity index is 1470. The zero-order valence-electron chi connectivity index (χ0n) is 19.5. The predicted octanol–water partition coefficient (Wildman–Crippen LogP) is 5.51. The summed E-state index contributed by atoms with van der Waals surface area (Å²) in [5.74, 6) is -0.0710. The fraction of sp³-hybridized carbons (Fsp3) is 0.148. The van der Waals surface area contributed by atoms with Crippen molar-refractivity contribution in [3.05, 3.63) is 93.6 Å². The van der Waals surface area contributed by atoms with Crippen molar-refractivity contribution in [1.29, 1.82) is 0 Å². The number of nitrogens with zero attached hydrogens (tertiary/aromatic N) is 1. The third-order valence-electron chi connectivity index (χ3n) is 6.05. The standard InChI is InChI=1S/C27H22Cl2N4O4/c28-17-13-22-16(15-31-24(22)23(29)14-17)9-10-30-27(36)32-18-5-7-19(8-6-18)37-12-11-33-25(34)20-3-1-2-4-21(20)26(33)35/h1-8,13-15,31H,9-12H2,(H2,30,32,36). The Morgan fingerprint density at radius 2 is 1.68 bits per heavy atom. The van der Waals surface area contributed by atoms with E-state index < -0.39 is 0 Å². The monoisotopic (exact) mass is 536 g/mol. The summed E-state index contributed by atoms with van der Waals surface area (Å²) in [5.41, 5.74) is 3.24. The van der Waals surface area contributed by atoms with E-state index in [-0.39, 0.29) is 31.0 Å². The summed E-state index contributed by atoms with van der Waals surface area (Å²) < 4.78 is 5.69. The van der Waals surface area contributed by atoms with Crippen molar-refractivity contribution < 1.29 is 19.1 Å². The van der Waals surface area contributed by atoms with Crippen molar-refractivity contribution in [2.24, 2.45) is 0 Å². The molecule has 0 fully saturated rings. The van der Waals surface area contributed by atoms with Crippen molar-refractivity contribution in [2.45, 2.75) is 6.42 Å². The highest BCUT2D eigenvalue weighted by molar-refractivity contribution is 6.38. The lowest BCUT2D eigenvalue weighted by Gasteiger charge is -2.14. The molecule has 0 aliphatic carbocycles. The molecule has 4 amide bonds. The average molecular weight is 537 g/mol. The largest absolute Gasteiger partial charge is 0.492 e. The van der Waals surface area contributed by atoms with Gasteiger partial charge in [0.25, 0.3) is 11.8 Å². The molecule has 0 bridgehead atoms. The number of halogens is 2. The maximum Gasteiger partial charge on any atom is 0.319 e. The number of nitrogens with one attached hydrogen (secondary N) is 3. The lowest BCUT2D eigenvalue weighted by molar-refractivity contribution is 0.0631. The Morgan fingerprint density at radius 1 is 0.973 bits per heavy atom. The van der Waals surface area contributed by atoms with Crippen molar-refractivity contribution >= 4 is 57.6 Å². The highest BCUT2D eigenvalue weighted by atomic mass is 35.5. The van der Waals surface area contributed by atoms with Gasteiger partial charge in [0.1, 0.15) is 12.4 Å². The molecular weight excluding hydrogens is 515 g/mol. The molecule has 1 aliphatic heterocycles. The fourth-order valence-corrected chi connectivity index (χ4v) is 4.78. The molecule has 0 spiro atoms. The van der Waals surface area contributed by atoms with Crippen LogP contribution in [0.5, 0.6) is 5.75 Å². The molecular formula is C27H22Cl2N4O4. The van der Waals surface area contributed by atoms with Crippen LogP contribution < -0.4 is 15.4 Å². The molecule has 188 valence electrons. The maximum atomic E-state index is 12.4. The number of ether oxygens (including phenoxy) is 1. The van der Waals surface area contributed by atoms with Gasteiger partial charge in [-0.3, -0.25) is 14.5 Å². The van der Waals surface area contributed by atoms with Gasteiger partial charge in [0, 0.05) is 28.8 Å². The zero-order chi connectivity index (χ0) is 25.9. The number of urea groups is 1. The van der Waals surface area contributed by atoms with Crippen LogP contribution in [0.25, 0.3) is 10.9 Å². The van der Waals surface area contributed by atoms with E-state index in [4.69, 9.17) is 27.9 Å². The first kappa shape index (κ1) is 24.7. The van der Waals surface area contributed by atoms with E-state index in [0.29, 0.717) is 45.6 Å². The lowest BCUT2D eigenvalue weighted by atomic mass is 10.1. The predicted molar refractivity (Wildman–Crippen MR) is 143 cm³/mol. The van der Waals surface area contributed by atoms with Crippen LogP contribution in [0.15, 0.2) is 66.9 Å². The van der Waals surface area contributed by atoms with Gasteiger partial charge in [-0.1, -0.05) is 35.3 Å². The second-order valence-corrected chi connectivity index (χ2v) is 9.28. The van der Waals surface area contributed by atoms with E-state index in [2.05, 4.69) is 15.6 Å². The maximum absolute atomic E-state index is 12.4. The van der Waals surface area contributed by atoms with E-state index in [0.717, 1.165) is 16.5 Å². The number of carbonyl (C=O) groups excluding carboxylic acids is 3. The minimum atomic E-state index is -0.338. The summed E-state index contributed by atoms with van der Waals surface area (Å²) in [5, 5.41) is 7.64. The molecule has 3 N–H and O–H groups in total. The molecule has 0 saturated carbocycles. The Kier molecular flexibility index (Phi) is 7.03. The zero-order valence-corrected chi connectivity index (χ0v) is 21.0. The van der Waals surface area contributed by atoms with Gasteiger partial charge in [-0.05, 0) is 60.5 Å². The number of rotatable bonds is 8. The van der Waals surface area contributed by atoms with E-state index in [1.54, 1.807) is 54.6 Å². The molecule has 5 rings (SSSR count). The highest BCUT2D eigenvalue weighted by Crippen LogP contribution is 2.29. The first-order valence-electron chi connectivity index (χ1n) is 11.6. The van der Waals surface area contributed by atoms with Gasteiger partial charge in [-0.15, -0.1) is 0 Å². The Morgan fingerprint density at radius 3 is 2.38 bits per heavy atom. The molecule has 0 atom stereocenters. The Labute approximate surface area is 222 Å². The second kappa shape index (κ2) is 10.5. The number of carbonyl (C=O) groups is 3. The third-order valence-corrected chi connectivity index (χ3v) is 6.56. The van der Waals surface area contributed by atoms with Crippen LogP contribution in [0.1, 0.15) is 26.3 Å². The molecule has 0 saturated heterocycles. The molecule has 37 heavy (non-hydrogen) atoms. The van der Waals surface area contributed by atoms with Crippen molar-refractivity contribution in [2.75, 3.05) is 25.0 Å². The number of hydrogen-bond acceptors (Lipinski definition) is 4. The molecule has 1 aliphatic rings. The molecule has 2 heterocycles. The summed E-state index contributed by atoms with van der Waals surface area (Å²) >= 11 is 12.3. The SMILES string of the molecule is O=C(NCCc1c[nH]c2c(Cl)cc(Cl)cc12)Nc1ccc(OCCN2C(=O)c3ccccc3C2=O)cc1. The number of fused-ring (bicyclic) bond motifs is 2. The Balaban J connectivity index is 1.07. The number of amides is 4. The summed E-state index contributed by atoms with van der Waals surface area (Å²) in [7, 11) is 0. The van der Waals surface area contributed by atoms with Gasteiger partial charge >= 0.3 is 6.03 Å². The topological polar surface area (TPSA) is 104 Å². The molecule has 0 radical (unpaired) electrons. The first-order valence-corrected chi connectivity index (χ1v) is 12.3. The van der Waals surface area contributed by atoms with E-state index >= 15 is 0 Å². The normalized spacial score (nSPS) is 12.6. The van der Waals surface area contributed by atoms with Gasteiger partial charge in [0.15, 0.2) is 0 Å². The molecule has 8 nitrogen and oxygen atoms in total. The molecule has 10 heteroatoms. The summed E-state index contributed by atoms with van der Waals surface area (Å²) in [6, 6.07) is 16.8. The van der Waals surface area contributed by atoms with E-state index in [1.807, 2.05) is 12.3 Å². The molecule has 4 aromatic rings. The third kappa shape index (κ3) is 5.26. The molecule has 0 unspecified atom stereocenters. The first-order chi connectivity index (χ1) is 17.9. The van der Waals surface area contributed by atoms with E-state index in [1.165, 1.54) is 4.90 Å². The van der Waals surface area contributed by atoms with Crippen molar-refractivity contribution in [1.82, 2.24) is 15.2 Å². The number of imide groups is 1. The van der Waals surface area contributed by atoms with Gasteiger partial charge < -0.3 is 20.4 Å². The number of anilines is 1. The van der Waals surface area contributed by atoms with Crippen LogP contribution >= 0.6 is 23.2 Å². The smallest absolute Gasteiger partial charge is 0.319 e. The number of H-pyrrole nitrogens is 1.